The van der Waals surface area contributed by atoms with Gasteiger partial charge in [-0.15, -0.1) is 11.3 Å². The number of carbonyl (C=O) groups is 1. The highest BCUT2D eigenvalue weighted by molar-refractivity contribution is 7.10. The molecule has 0 aliphatic heterocycles. The highest BCUT2D eigenvalue weighted by Gasteiger charge is 2.17. The number of nitrogens with zero attached hydrogens (tertiary/aromatic N) is 1. The van der Waals surface area contributed by atoms with Crippen LogP contribution in [0.5, 0.6) is 5.75 Å². The summed E-state index contributed by atoms with van der Waals surface area (Å²) < 4.78 is 5.85. The zero-order chi connectivity index (χ0) is 19.8. The number of ether oxygens (including phenoxy) is 1. The largest absolute Gasteiger partial charge is 0.493 e. The predicted molar refractivity (Wildman–Crippen MR) is 112 cm³/mol. The first-order valence-corrected chi connectivity index (χ1v) is 10.1. The second-order valence-corrected chi connectivity index (χ2v) is 7.48. The van der Waals surface area contributed by atoms with E-state index in [4.69, 9.17) is 4.74 Å². The van der Waals surface area contributed by atoms with Crippen LogP contribution in [0.2, 0.25) is 0 Å². The van der Waals surface area contributed by atoms with Crippen LogP contribution in [0.15, 0.2) is 60.1 Å². The second kappa shape index (κ2) is 9.90. The smallest absolute Gasteiger partial charge is 0.304 e. The van der Waals surface area contributed by atoms with Crippen LogP contribution in [-0.4, -0.2) is 29.7 Å². The fourth-order valence-electron chi connectivity index (χ4n) is 3.14. The Kier molecular flexibility index (Phi) is 7.03. The van der Waals surface area contributed by atoms with Gasteiger partial charge in [-0.25, -0.2) is 0 Å². The number of aliphatic carboxylic acids is 1. The van der Waals surface area contributed by atoms with E-state index in [-0.39, 0.29) is 12.3 Å². The van der Waals surface area contributed by atoms with Crippen molar-refractivity contribution in [2.75, 3.05) is 19.0 Å². The zero-order valence-electron chi connectivity index (χ0n) is 15.8. The highest BCUT2D eigenvalue weighted by Crippen LogP contribution is 2.29. The Hall–Kier alpha value is -2.86. The van der Waals surface area contributed by atoms with Crippen LogP contribution < -0.4 is 10.1 Å². The average molecular weight is 397 g/mol. The maximum Gasteiger partial charge on any atom is 0.304 e. The Labute approximate surface area is 169 Å². The predicted octanol–water partition coefficient (Wildman–Crippen LogP) is 4.61. The minimum atomic E-state index is -0.770. The number of thiophene rings is 1. The summed E-state index contributed by atoms with van der Waals surface area (Å²) in [5.41, 5.74) is 3.10. The van der Waals surface area contributed by atoms with Gasteiger partial charge in [0.05, 0.1) is 24.4 Å². The molecule has 0 spiro atoms. The first kappa shape index (κ1) is 19.9. The first-order chi connectivity index (χ1) is 13.7. The van der Waals surface area contributed by atoms with E-state index < -0.39 is 5.97 Å². The molecule has 28 heavy (non-hydrogen) atoms. The number of nitrogens with one attached hydrogen (secondary N) is 1. The molecular weight excluding hydrogens is 372 g/mol. The van der Waals surface area contributed by atoms with Gasteiger partial charge in [0, 0.05) is 30.5 Å². The summed E-state index contributed by atoms with van der Waals surface area (Å²) >= 11 is 1.61. The van der Waals surface area contributed by atoms with E-state index >= 15 is 0 Å². The summed E-state index contributed by atoms with van der Waals surface area (Å²) in [7, 11) is 1.88. The van der Waals surface area contributed by atoms with Crippen LogP contribution in [0.4, 0.5) is 5.69 Å². The van der Waals surface area contributed by atoms with Gasteiger partial charge in [0.25, 0.3) is 0 Å². The molecule has 0 bridgehead atoms. The van der Waals surface area contributed by atoms with E-state index in [0.29, 0.717) is 13.0 Å². The molecule has 3 aromatic rings. The van der Waals surface area contributed by atoms with Crippen molar-refractivity contribution in [3.8, 4) is 5.75 Å². The molecule has 0 fully saturated rings. The number of rotatable bonds is 10. The normalized spacial score (nSPS) is 11.8. The molecule has 2 aromatic heterocycles. The van der Waals surface area contributed by atoms with E-state index in [9.17, 15) is 9.90 Å². The van der Waals surface area contributed by atoms with E-state index in [0.717, 1.165) is 34.0 Å². The number of hydrogen-bond donors (Lipinski definition) is 2. The van der Waals surface area contributed by atoms with Gasteiger partial charge in [-0.05, 0) is 47.7 Å². The monoisotopic (exact) mass is 396 g/mol. The third-order valence-corrected chi connectivity index (χ3v) is 5.57. The van der Waals surface area contributed by atoms with Gasteiger partial charge >= 0.3 is 5.97 Å². The van der Waals surface area contributed by atoms with E-state index in [1.807, 2.05) is 61.0 Å². The molecular formula is C22H24N2O3S. The number of carboxylic acids is 1. The van der Waals surface area contributed by atoms with Crippen LogP contribution in [0.3, 0.4) is 0 Å². The standard InChI is InChI=1S/C22H24N2O3S/c1-23-19-4-2-11-24-20(19)10-12-27-18-8-6-16(7-9-18)14-17(15-22(25)26)21-5-3-13-28-21/h2-9,11,13,17,23H,10,12,14-15H2,1H3,(H,25,26). The van der Waals surface area contributed by atoms with Crippen molar-refractivity contribution in [2.45, 2.75) is 25.2 Å². The summed E-state index contributed by atoms with van der Waals surface area (Å²) in [4.78, 5) is 16.7. The van der Waals surface area contributed by atoms with Crippen molar-refractivity contribution in [1.82, 2.24) is 4.98 Å². The summed E-state index contributed by atoms with van der Waals surface area (Å²) in [5, 5.41) is 14.3. The third-order valence-electron chi connectivity index (χ3n) is 4.54. The topological polar surface area (TPSA) is 71.5 Å². The Morgan fingerprint density at radius 3 is 2.71 bits per heavy atom. The van der Waals surface area contributed by atoms with Crippen LogP contribution in [0.25, 0.3) is 0 Å². The maximum absolute atomic E-state index is 11.2. The SMILES string of the molecule is CNc1cccnc1CCOc1ccc(CC(CC(=O)O)c2cccs2)cc1. The number of hydrogen-bond acceptors (Lipinski definition) is 5. The van der Waals surface area contributed by atoms with Crippen molar-refractivity contribution in [1.29, 1.82) is 0 Å². The molecule has 146 valence electrons. The quantitative estimate of drug-likeness (QED) is 0.524. The molecule has 6 heteroatoms. The molecule has 0 radical (unpaired) electrons. The molecule has 2 heterocycles. The number of aromatic nitrogens is 1. The van der Waals surface area contributed by atoms with Crippen LogP contribution >= 0.6 is 11.3 Å². The molecule has 1 atom stereocenters. The maximum atomic E-state index is 11.2. The van der Waals surface area contributed by atoms with Crippen LogP contribution in [0.1, 0.15) is 28.5 Å². The van der Waals surface area contributed by atoms with Gasteiger partial charge in [0.15, 0.2) is 0 Å². The Morgan fingerprint density at radius 1 is 1.21 bits per heavy atom. The van der Waals surface area contributed by atoms with E-state index in [1.165, 1.54) is 0 Å². The van der Waals surface area contributed by atoms with Gasteiger partial charge in [-0.1, -0.05) is 18.2 Å². The van der Waals surface area contributed by atoms with E-state index in [1.54, 1.807) is 17.5 Å². The number of benzene rings is 1. The van der Waals surface area contributed by atoms with Crippen LogP contribution in [-0.2, 0) is 17.6 Å². The third kappa shape index (κ3) is 5.57. The minimum absolute atomic E-state index is 0.00612. The summed E-state index contributed by atoms with van der Waals surface area (Å²) in [5.74, 6) is 0.0267. The minimum Gasteiger partial charge on any atom is -0.493 e. The lowest BCUT2D eigenvalue weighted by molar-refractivity contribution is -0.137. The van der Waals surface area contributed by atoms with E-state index in [2.05, 4.69) is 10.3 Å². The lowest BCUT2D eigenvalue weighted by Crippen LogP contribution is -2.08. The highest BCUT2D eigenvalue weighted by atomic mass is 32.1. The summed E-state index contributed by atoms with van der Waals surface area (Å²) in [6.45, 7) is 0.544. The number of pyridine rings is 1. The Morgan fingerprint density at radius 2 is 2.04 bits per heavy atom. The van der Waals surface area contributed by atoms with Gasteiger partial charge < -0.3 is 15.2 Å². The lowest BCUT2D eigenvalue weighted by Gasteiger charge is -2.14. The Bertz CT molecular complexity index is 879. The fourth-order valence-corrected chi connectivity index (χ4v) is 3.97. The number of carboxylic acid groups (broad SMARTS) is 1. The van der Waals surface area contributed by atoms with Gasteiger partial charge in [-0.3, -0.25) is 9.78 Å². The van der Waals surface area contributed by atoms with Gasteiger partial charge in [0.2, 0.25) is 0 Å². The molecule has 5 nitrogen and oxygen atoms in total. The fraction of sp³-hybridized carbons (Fsp3) is 0.273. The second-order valence-electron chi connectivity index (χ2n) is 6.50. The van der Waals surface area contributed by atoms with Crippen molar-refractivity contribution < 1.29 is 14.6 Å². The molecule has 1 aromatic carbocycles. The van der Waals surface area contributed by atoms with Crippen molar-refractivity contribution in [3.05, 3.63) is 76.2 Å². The molecule has 0 aliphatic rings. The molecule has 3 rings (SSSR count). The molecule has 2 N–H and O–H groups in total. The van der Waals surface area contributed by atoms with Gasteiger partial charge in [0.1, 0.15) is 5.75 Å². The summed E-state index contributed by atoms with van der Waals surface area (Å²) in [6, 6.07) is 15.8. The van der Waals surface area contributed by atoms with Gasteiger partial charge in [-0.2, -0.15) is 0 Å². The lowest BCUT2D eigenvalue weighted by atomic mass is 9.94. The zero-order valence-corrected chi connectivity index (χ0v) is 16.6. The Balaban J connectivity index is 1.56. The molecule has 1 unspecified atom stereocenters. The number of anilines is 1. The van der Waals surface area contributed by atoms with Crippen molar-refractivity contribution in [3.63, 3.8) is 0 Å². The average Bonchev–Trinajstić information content (AvgIpc) is 3.24. The summed E-state index contributed by atoms with van der Waals surface area (Å²) in [6.07, 6.45) is 3.34. The van der Waals surface area contributed by atoms with Crippen LogP contribution in [0, 0.1) is 0 Å². The van der Waals surface area contributed by atoms with Crippen molar-refractivity contribution >= 4 is 23.0 Å². The van der Waals surface area contributed by atoms with Crippen molar-refractivity contribution in [2.24, 2.45) is 0 Å². The first-order valence-electron chi connectivity index (χ1n) is 9.24. The molecule has 0 saturated carbocycles. The molecule has 0 saturated heterocycles. The molecule has 0 amide bonds. The molecule has 0 aliphatic carbocycles.